The first-order chi connectivity index (χ1) is 10.0. The lowest BCUT2D eigenvalue weighted by Crippen LogP contribution is -2.33. The summed E-state index contributed by atoms with van der Waals surface area (Å²) in [6, 6.07) is 7.48. The molecule has 1 aromatic carbocycles. The number of nitrogens with zero attached hydrogens (tertiary/aromatic N) is 1. The third kappa shape index (κ3) is 3.30. The summed E-state index contributed by atoms with van der Waals surface area (Å²) >= 11 is 0. The van der Waals surface area contributed by atoms with Gasteiger partial charge in [0.15, 0.2) is 0 Å². The van der Waals surface area contributed by atoms with E-state index >= 15 is 0 Å². The standard InChI is InChI=1S/C16H17N3O2/c1-11-12(2)16(21)19(18-15(11)20)10-14-7-5-13(6-8-14)4-3-9-17/h5-8H,9-10,17H2,1-2H3,(H,18,20). The van der Waals surface area contributed by atoms with Gasteiger partial charge in [-0.15, -0.1) is 0 Å². The highest BCUT2D eigenvalue weighted by Crippen LogP contribution is 2.04. The van der Waals surface area contributed by atoms with E-state index in [1.165, 1.54) is 4.68 Å². The first-order valence-electron chi connectivity index (χ1n) is 6.61. The lowest BCUT2D eigenvalue weighted by atomic mass is 10.1. The SMILES string of the molecule is Cc1c(C)c(=O)n(Cc2ccc(C#CCN)cc2)[nH]c1=O. The second-order valence-electron chi connectivity index (χ2n) is 4.79. The van der Waals surface area contributed by atoms with Gasteiger partial charge >= 0.3 is 0 Å². The minimum Gasteiger partial charge on any atom is -0.320 e. The Morgan fingerprint density at radius 2 is 1.81 bits per heavy atom. The van der Waals surface area contributed by atoms with Crippen LogP contribution in [0.5, 0.6) is 0 Å². The molecular formula is C16H17N3O2. The zero-order valence-electron chi connectivity index (χ0n) is 12.1. The van der Waals surface area contributed by atoms with Crippen LogP contribution >= 0.6 is 0 Å². The Labute approximate surface area is 122 Å². The van der Waals surface area contributed by atoms with Crippen LogP contribution in [0.2, 0.25) is 0 Å². The Morgan fingerprint density at radius 1 is 1.14 bits per heavy atom. The van der Waals surface area contributed by atoms with Crippen molar-refractivity contribution in [1.29, 1.82) is 0 Å². The van der Waals surface area contributed by atoms with Gasteiger partial charge in [-0.3, -0.25) is 14.7 Å². The van der Waals surface area contributed by atoms with Gasteiger partial charge in [0.25, 0.3) is 11.1 Å². The van der Waals surface area contributed by atoms with E-state index < -0.39 is 0 Å². The summed E-state index contributed by atoms with van der Waals surface area (Å²) in [6.07, 6.45) is 0. The lowest BCUT2D eigenvalue weighted by Gasteiger charge is -2.08. The predicted molar refractivity (Wildman–Crippen MR) is 82.3 cm³/mol. The summed E-state index contributed by atoms with van der Waals surface area (Å²) in [5.74, 6) is 5.71. The van der Waals surface area contributed by atoms with Crippen molar-refractivity contribution in [2.75, 3.05) is 6.54 Å². The molecule has 0 amide bonds. The predicted octanol–water partition coefficient (Wildman–Crippen LogP) is 0.512. The molecule has 1 heterocycles. The van der Waals surface area contributed by atoms with Crippen molar-refractivity contribution in [2.45, 2.75) is 20.4 Å². The largest absolute Gasteiger partial charge is 0.320 e. The molecule has 108 valence electrons. The number of hydrogen-bond donors (Lipinski definition) is 2. The van der Waals surface area contributed by atoms with E-state index in [-0.39, 0.29) is 11.1 Å². The van der Waals surface area contributed by atoms with Crippen molar-refractivity contribution in [2.24, 2.45) is 5.73 Å². The molecule has 5 nitrogen and oxygen atoms in total. The molecule has 0 aliphatic rings. The number of H-pyrrole nitrogens is 1. The monoisotopic (exact) mass is 283 g/mol. The van der Waals surface area contributed by atoms with E-state index in [4.69, 9.17) is 5.73 Å². The highest BCUT2D eigenvalue weighted by Gasteiger charge is 2.07. The van der Waals surface area contributed by atoms with Gasteiger partial charge in [-0.05, 0) is 31.5 Å². The van der Waals surface area contributed by atoms with Crippen LogP contribution in [-0.2, 0) is 6.54 Å². The molecule has 0 saturated carbocycles. The average molecular weight is 283 g/mol. The maximum absolute atomic E-state index is 12.1. The van der Waals surface area contributed by atoms with Gasteiger partial charge in [-0.2, -0.15) is 0 Å². The van der Waals surface area contributed by atoms with Crippen molar-refractivity contribution < 1.29 is 0 Å². The molecule has 0 bridgehead atoms. The summed E-state index contributed by atoms with van der Waals surface area (Å²) in [4.78, 5) is 23.8. The minimum absolute atomic E-state index is 0.181. The molecule has 2 rings (SSSR count). The van der Waals surface area contributed by atoms with Crippen LogP contribution in [0.25, 0.3) is 0 Å². The number of benzene rings is 1. The van der Waals surface area contributed by atoms with Gasteiger partial charge in [-0.25, -0.2) is 4.68 Å². The van der Waals surface area contributed by atoms with Crippen molar-refractivity contribution in [3.63, 3.8) is 0 Å². The third-order valence-electron chi connectivity index (χ3n) is 3.33. The van der Waals surface area contributed by atoms with Crippen molar-refractivity contribution >= 4 is 0 Å². The first kappa shape index (κ1) is 14.8. The van der Waals surface area contributed by atoms with Gasteiger partial charge in [0.2, 0.25) is 0 Å². The zero-order valence-corrected chi connectivity index (χ0v) is 12.1. The van der Waals surface area contributed by atoms with Crippen LogP contribution in [0.15, 0.2) is 33.9 Å². The van der Waals surface area contributed by atoms with Gasteiger partial charge < -0.3 is 5.73 Å². The maximum Gasteiger partial charge on any atom is 0.268 e. The molecule has 3 N–H and O–H groups in total. The quantitative estimate of drug-likeness (QED) is 0.788. The van der Waals surface area contributed by atoms with Crippen molar-refractivity contribution in [3.8, 4) is 11.8 Å². The number of rotatable bonds is 2. The first-order valence-corrected chi connectivity index (χ1v) is 6.61. The summed E-state index contributed by atoms with van der Waals surface area (Å²) in [5, 5.41) is 2.59. The lowest BCUT2D eigenvalue weighted by molar-refractivity contribution is 0.618. The second-order valence-corrected chi connectivity index (χ2v) is 4.79. The van der Waals surface area contributed by atoms with E-state index in [1.54, 1.807) is 13.8 Å². The molecule has 0 unspecified atom stereocenters. The maximum atomic E-state index is 12.1. The molecule has 0 saturated heterocycles. The van der Waals surface area contributed by atoms with Gasteiger partial charge in [0.05, 0.1) is 13.1 Å². The van der Waals surface area contributed by atoms with E-state index in [0.717, 1.165) is 11.1 Å². The number of hydrogen-bond acceptors (Lipinski definition) is 3. The van der Waals surface area contributed by atoms with Crippen LogP contribution < -0.4 is 16.9 Å². The van der Waals surface area contributed by atoms with Crippen LogP contribution in [0, 0.1) is 25.7 Å². The molecule has 0 fully saturated rings. The van der Waals surface area contributed by atoms with Crippen molar-refractivity contribution in [1.82, 2.24) is 9.78 Å². The van der Waals surface area contributed by atoms with E-state index in [9.17, 15) is 9.59 Å². The fourth-order valence-corrected chi connectivity index (χ4v) is 1.93. The molecule has 0 aliphatic heterocycles. The Kier molecular flexibility index (Phi) is 4.41. The van der Waals surface area contributed by atoms with Gasteiger partial charge in [0, 0.05) is 16.7 Å². The van der Waals surface area contributed by atoms with E-state index in [2.05, 4.69) is 16.9 Å². The normalized spacial score (nSPS) is 10.0. The molecule has 0 aliphatic carbocycles. The van der Waals surface area contributed by atoms with Crippen LogP contribution in [0.4, 0.5) is 0 Å². The molecular weight excluding hydrogens is 266 g/mol. The van der Waals surface area contributed by atoms with E-state index in [1.807, 2.05) is 24.3 Å². The summed E-state index contributed by atoms with van der Waals surface area (Å²) < 4.78 is 1.32. The van der Waals surface area contributed by atoms with Crippen LogP contribution in [0.1, 0.15) is 22.3 Å². The molecule has 0 atom stereocenters. The minimum atomic E-state index is -0.238. The average Bonchev–Trinajstić information content (AvgIpc) is 2.50. The summed E-state index contributed by atoms with van der Waals surface area (Å²) in [7, 11) is 0. The Balaban J connectivity index is 2.31. The number of aromatic amines is 1. The molecule has 5 heteroatoms. The smallest absolute Gasteiger partial charge is 0.268 e. The fraction of sp³-hybridized carbons (Fsp3) is 0.250. The number of nitrogens with two attached hydrogens (primary N) is 1. The molecule has 0 radical (unpaired) electrons. The Hall–Kier alpha value is -2.58. The number of nitrogens with one attached hydrogen (secondary N) is 1. The highest BCUT2D eigenvalue weighted by atomic mass is 16.2. The number of aromatic nitrogens is 2. The molecule has 1 aromatic heterocycles. The molecule has 21 heavy (non-hydrogen) atoms. The Morgan fingerprint density at radius 3 is 2.43 bits per heavy atom. The molecule has 0 spiro atoms. The highest BCUT2D eigenvalue weighted by molar-refractivity contribution is 5.36. The summed E-state index contributed by atoms with van der Waals surface area (Å²) in [5.41, 5.74) is 7.62. The molecule has 2 aromatic rings. The fourth-order valence-electron chi connectivity index (χ4n) is 1.93. The Bertz CT molecular complexity index is 818. The van der Waals surface area contributed by atoms with Crippen LogP contribution in [-0.4, -0.2) is 16.3 Å². The van der Waals surface area contributed by atoms with Gasteiger partial charge in [0.1, 0.15) is 0 Å². The van der Waals surface area contributed by atoms with Crippen LogP contribution in [0.3, 0.4) is 0 Å². The summed E-state index contributed by atoms with van der Waals surface area (Å²) in [6.45, 7) is 3.94. The van der Waals surface area contributed by atoms with E-state index in [0.29, 0.717) is 24.2 Å². The zero-order chi connectivity index (χ0) is 15.4. The topological polar surface area (TPSA) is 80.9 Å². The second kappa shape index (κ2) is 6.25. The van der Waals surface area contributed by atoms with Crippen molar-refractivity contribution in [3.05, 3.63) is 67.2 Å². The third-order valence-corrected chi connectivity index (χ3v) is 3.33. The van der Waals surface area contributed by atoms with Gasteiger partial charge in [-0.1, -0.05) is 24.0 Å².